The van der Waals surface area contributed by atoms with Crippen LogP contribution in [0.5, 0.6) is 11.5 Å². The second-order valence-electron chi connectivity index (χ2n) is 4.68. The summed E-state index contributed by atoms with van der Waals surface area (Å²) in [7, 11) is 1.60. The van der Waals surface area contributed by atoms with Crippen molar-refractivity contribution in [2.75, 3.05) is 26.9 Å². The monoisotopic (exact) mass is 285 g/mol. The molecular formula is C14H20ClNO3. The van der Waals surface area contributed by atoms with Gasteiger partial charge in [-0.2, -0.15) is 0 Å². The number of nitrogens with two attached hydrogens (primary N) is 1. The van der Waals surface area contributed by atoms with E-state index in [0.29, 0.717) is 35.6 Å². The third-order valence-electron chi connectivity index (χ3n) is 3.33. The van der Waals surface area contributed by atoms with Gasteiger partial charge in [0, 0.05) is 19.8 Å². The molecule has 0 unspecified atom stereocenters. The molecule has 19 heavy (non-hydrogen) atoms. The molecule has 0 spiro atoms. The minimum Gasteiger partial charge on any atom is -0.493 e. The van der Waals surface area contributed by atoms with E-state index in [9.17, 15) is 0 Å². The smallest absolute Gasteiger partial charge is 0.179 e. The third kappa shape index (κ3) is 3.75. The number of benzene rings is 1. The Hall–Kier alpha value is -0.970. The maximum atomic E-state index is 6.22. The molecule has 0 radical (unpaired) electrons. The van der Waals surface area contributed by atoms with Gasteiger partial charge in [0.15, 0.2) is 11.5 Å². The van der Waals surface area contributed by atoms with Gasteiger partial charge in [0.1, 0.15) is 0 Å². The zero-order valence-electron chi connectivity index (χ0n) is 11.2. The first-order chi connectivity index (χ1) is 9.24. The number of halogens is 1. The van der Waals surface area contributed by atoms with Crippen molar-refractivity contribution < 1.29 is 14.2 Å². The Morgan fingerprint density at radius 2 is 2.11 bits per heavy atom. The van der Waals surface area contributed by atoms with Crippen molar-refractivity contribution in [1.82, 2.24) is 0 Å². The molecule has 1 aromatic carbocycles. The van der Waals surface area contributed by atoms with Crippen molar-refractivity contribution in [2.24, 2.45) is 11.7 Å². The van der Waals surface area contributed by atoms with E-state index in [2.05, 4.69) is 0 Å². The van der Waals surface area contributed by atoms with E-state index in [1.54, 1.807) is 7.11 Å². The Morgan fingerprint density at radius 1 is 1.37 bits per heavy atom. The van der Waals surface area contributed by atoms with Crippen LogP contribution < -0.4 is 15.2 Å². The van der Waals surface area contributed by atoms with Gasteiger partial charge in [-0.05, 0) is 36.5 Å². The fraction of sp³-hybridized carbons (Fsp3) is 0.571. The van der Waals surface area contributed by atoms with Crippen LogP contribution in [0.25, 0.3) is 0 Å². The predicted octanol–water partition coefficient (Wildman–Crippen LogP) is 2.61. The van der Waals surface area contributed by atoms with Crippen LogP contribution in [0.15, 0.2) is 12.1 Å². The molecule has 0 aromatic heterocycles. The van der Waals surface area contributed by atoms with E-state index >= 15 is 0 Å². The van der Waals surface area contributed by atoms with E-state index < -0.39 is 0 Å². The fourth-order valence-corrected chi connectivity index (χ4v) is 2.43. The van der Waals surface area contributed by atoms with E-state index in [0.717, 1.165) is 31.6 Å². The average Bonchev–Trinajstić information content (AvgIpc) is 2.46. The highest BCUT2D eigenvalue weighted by Gasteiger charge is 2.17. The van der Waals surface area contributed by atoms with Gasteiger partial charge in [0.25, 0.3) is 0 Å². The number of ether oxygens (including phenoxy) is 3. The van der Waals surface area contributed by atoms with Crippen LogP contribution in [0.4, 0.5) is 0 Å². The minimum atomic E-state index is 0.427. The van der Waals surface area contributed by atoms with Crippen LogP contribution in [0, 0.1) is 5.92 Å². The van der Waals surface area contributed by atoms with Gasteiger partial charge in [-0.25, -0.2) is 0 Å². The molecule has 0 amide bonds. The first-order valence-electron chi connectivity index (χ1n) is 6.51. The van der Waals surface area contributed by atoms with Crippen molar-refractivity contribution in [1.29, 1.82) is 0 Å². The van der Waals surface area contributed by atoms with Gasteiger partial charge < -0.3 is 19.9 Å². The first-order valence-corrected chi connectivity index (χ1v) is 6.89. The molecule has 1 saturated heterocycles. The molecule has 1 aliphatic rings. The second-order valence-corrected chi connectivity index (χ2v) is 5.09. The average molecular weight is 286 g/mol. The summed E-state index contributed by atoms with van der Waals surface area (Å²) in [6.45, 7) is 2.69. The minimum absolute atomic E-state index is 0.427. The van der Waals surface area contributed by atoms with Crippen LogP contribution in [-0.4, -0.2) is 26.9 Å². The van der Waals surface area contributed by atoms with Gasteiger partial charge >= 0.3 is 0 Å². The number of methoxy groups -OCH3 is 1. The van der Waals surface area contributed by atoms with Gasteiger partial charge in [0.2, 0.25) is 0 Å². The summed E-state index contributed by atoms with van der Waals surface area (Å²) in [4.78, 5) is 0. The summed E-state index contributed by atoms with van der Waals surface area (Å²) in [5.41, 5.74) is 6.55. The molecule has 0 atom stereocenters. The fourth-order valence-electron chi connectivity index (χ4n) is 2.15. The van der Waals surface area contributed by atoms with Crippen molar-refractivity contribution >= 4 is 11.6 Å². The van der Waals surface area contributed by atoms with Crippen LogP contribution in [-0.2, 0) is 11.3 Å². The lowest BCUT2D eigenvalue weighted by Crippen LogP contribution is -2.21. The highest BCUT2D eigenvalue weighted by molar-refractivity contribution is 6.32. The van der Waals surface area contributed by atoms with Crippen molar-refractivity contribution in [3.05, 3.63) is 22.7 Å². The Labute approximate surface area is 118 Å². The molecule has 2 N–H and O–H groups in total. The highest BCUT2D eigenvalue weighted by atomic mass is 35.5. The molecule has 0 saturated carbocycles. The zero-order valence-corrected chi connectivity index (χ0v) is 11.9. The maximum Gasteiger partial charge on any atom is 0.179 e. The van der Waals surface area contributed by atoms with E-state index in [-0.39, 0.29) is 0 Å². The van der Waals surface area contributed by atoms with Crippen molar-refractivity contribution in [3.8, 4) is 11.5 Å². The quantitative estimate of drug-likeness (QED) is 0.903. The number of rotatable bonds is 5. The van der Waals surface area contributed by atoms with Crippen LogP contribution >= 0.6 is 11.6 Å². The zero-order chi connectivity index (χ0) is 13.7. The molecule has 2 rings (SSSR count). The van der Waals surface area contributed by atoms with E-state index in [1.807, 2.05) is 12.1 Å². The number of hydrogen-bond donors (Lipinski definition) is 1. The van der Waals surface area contributed by atoms with E-state index in [4.69, 9.17) is 31.5 Å². The maximum absolute atomic E-state index is 6.22. The summed E-state index contributed by atoms with van der Waals surface area (Å²) in [6, 6.07) is 3.69. The van der Waals surface area contributed by atoms with Gasteiger partial charge in [-0.1, -0.05) is 11.6 Å². The van der Waals surface area contributed by atoms with Crippen LogP contribution in [0.2, 0.25) is 5.02 Å². The summed E-state index contributed by atoms with van der Waals surface area (Å²) >= 11 is 6.22. The molecule has 1 aliphatic heterocycles. The summed E-state index contributed by atoms with van der Waals surface area (Å²) < 4.78 is 16.5. The van der Waals surface area contributed by atoms with Gasteiger partial charge in [-0.3, -0.25) is 0 Å². The Bertz CT molecular complexity index is 419. The Balaban J connectivity index is 2.05. The summed E-state index contributed by atoms with van der Waals surface area (Å²) in [5.74, 6) is 1.76. The molecular weight excluding hydrogens is 266 g/mol. The highest BCUT2D eigenvalue weighted by Crippen LogP contribution is 2.37. The van der Waals surface area contributed by atoms with Crippen LogP contribution in [0.3, 0.4) is 0 Å². The van der Waals surface area contributed by atoms with E-state index in [1.165, 1.54) is 0 Å². The lowest BCUT2D eigenvalue weighted by molar-refractivity contribution is 0.0493. The first kappa shape index (κ1) is 14.4. The largest absolute Gasteiger partial charge is 0.493 e. The molecule has 1 aromatic rings. The van der Waals surface area contributed by atoms with Crippen molar-refractivity contribution in [3.63, 3.8) is 0 Å². The molecule has 0 aliphatic carbocycles. The van der Waals surface area contributed by atoms with Crippen LogP contribution in [0.1, 0.15) is 18.4 Å². The molecule has 1 heterocycles. The molecule has 1 fully saturated rings. The predicted molar refractivity (Wildman–Crippen MR) is 74.9 cm³/mol. The van der Waals surface area contributed by atoms with Gasteiger partial charge in [0.05, 0.1) is 18.7 Å². The molecule has 5 heteroatoms. The summed E-state index contributed by atoms with van der Waals surface area (Å²) in [6.07, 6.45) is 2.06. The Kier molecular flexibility index (Phi) is 5.31. The molecule has 106 valence electrons. The van der Waals surface area contributed by atoms with Crippen molar-refractivity contribution in [2.45, 2.75) is 19.4 Å². The lowest BCUT2D eigenvalue weighted by Gasteiger charge is -2.23. The summed E-state index contributed by atoms with van der Waals surface area (Å²) in [5, 5.41) is 0.548. The molecule has 4 nitrogen and oxygen atoms in total. The second kappa shape index (κ2) is 6.98. The lowest BCUT2D eigenvalue weighted by atomic mass is 10.0. The topological polar surface area (TPSA) is 53.7 Å². The third-order valence-corrected chi connectivity index (χ3v) is 3.61. The molecule has 0 bridgehead atoms. The number of hydrogen-bond acceptors (Lipinski definition) is 4. The normalized spacial score (nSPS) is 16.4. The Morgan fingerprint density at radius 3 is 2.74 bits per heavy atom. The SMILES string of the molecule is COc1cc(CN)cc(Cl)c1OCC1CCOCC1. The van der Waals surface area contributed by atoms with Gasteiger partial charge in [-0.15, -0.1) is 0 Å². The standard InChI is InChI=1S/C14H20ClNO3/c1-17-13-7-11(8-16)6-12(15)14(13)19-9-10-2-4-18-5-3-10/h6-7,10H,2-5,8-9,16H2,1H3.